The highest BCUT2D eigenvalue weighted by Crippen LogP contribution is 2.15. The monoisotopic (exact) mass is 341 g/mol. The van der Waals surface area contributed by atoms with Crippen molar-refractivity contribution in [1.29, 1.82) is 0 Å². The van der Waals surface area contributed by atoms with E-state index in [2.05, 4.69) is 22.5 Å². The first-order valence-corrected chi connectivity index (χ1v) is 7.54. The van der Waals surface area contributed by atoms with Crippen LogP contribution < -0.4 is 10.6 Å². The number of carbonyl (C=O) groups is 1. The summed E-state index contributed by atoms with van der Waals surface area (Å²) in [5, 5.41) is 6.47. The van der Waals surface area contributed by atoms with E-state index in [4.69, 9.17) is 4.74 Å². The SMILES string of the molecule is CC(CN1CCOCC1)NC(=O)CC1CCNCC1.Cl.Cl. The van der Waals surface area contributed by atoms with E-state index in [0.29, 0.717) is 12.3 Å². The summed E-state index contributed by atoms with van der Waals surface area (Å²) in [6.45, 7) is 8.73. The highest BCUT2D eigenvalue weighted by atomic mass is 35.5. The van der Waals surface area contributed by atoms with Gasteiger partial charge < -0.3 is 15.4 Å². The van der Waals surface area contributed by atoms with Gasteiger partial charge in [0.1, 0.15) is 0 Å². The van der Waals surface area contributed by atoms with Crippen LogP contribution in [-0.4, -0.2) is 62.8 Å². The van der Waals surface area contributed by atoms with Gasteiger partial charge in [0.05, 0.1) is 13.2 Å². The molecular formula is C14H29Cl2N3O2. The van der Waals surface area contributed by atoms with Crippen LogP contribution in [0.2, 0.25) is 0 Å². The van der Waals surface area contributed by atoms with Gasteiger partial charge in [0.15, 0.2) is 0 Å². The Balaban J connectivity index is 0.00000200. The van der Waals surface area contributed by atoms with E-state index in [1.54, 1.807) is 0 Å². The van der Waals surface area contributed by atoms with Crippen LogP contribution in [0.4, 0.5) is 0 Å². The molecule has 7 heteroatoms. The van der Waals surface area contributed by atoms with E-state index in [-0.39, 0.29) is 36.8 Å². The van der Waals surface area contributed by atoms with Crippen LogP contribution in [0.1, 0.15) is 26.2 Å². The smallest absolute Gasteiger partial charge is 0.220 e. The van der Waals surface area contributed by atoms with Crippen molar-refractivity contribution in [3.63, 3.8) is 0 Å². The predicted molar refractivity (Wildman–Crippen MR) is 89.6 cm³/mol. The van der Waals surface area contributed by atoms with Gasteiger partial charge in [-0.1, -0.05) is 0 Å². The number of nitrogens with zero attached hydrogens (tertiary/aromatic N) is 1. The van der Waals surface area contributed by atoms with E-state index < -0.39 is 0 Å². The molecule has 2 aliphatic heterocycles. The Morgan fingerprint density at radius 3 is 2.52 bits per heavy atom. The molecule has 0 radical (unpaired) electrons. The van der Waals surface area contributed by atoms with Crippen LogP contribution in [0.5, 0.6) is 0 Å². The minimum atomic E-state index is 0. The minimum Gasteiger partial charge on any atom is -0.379 e. The van der Waals surface area contributed by atoms with Crippen molar-refractivity contribution >= 4 is 30.7 Å². The molecule has 2 N–H and O–H groups in total. The van der Waals surface area contributed by atoms with E-state index in [1.165, 1.54) is 0 Å². The van der Waals surface area contributed by atoms with Crippen molar-refractivity contribution in [2.24, 2.45) is 5.92 Å². The maximum Gasteiger partial charge on any atom is 0.220 e. The summed E-state index contributed by atoms with van der Waals surface area (Å²) < 4.78 is 5.33. The Morgan fingerprint density at radius 1 is 1.29 bits per heavy atom. The Morgan fingerprint density at radius 2 is 1.90 bits per heavy atom. The summed E-state index contributed by atoms with van der Waals surface area (Å²) >= 11 is 0. The number of nitrogens with one attached hydrogen (secondary N) is 2. The summed E-state index contributed by atoms with van der Waals surface area (Å²) in [7, 11) is 0. The fourth-order valence-electron chi connectivity index (χ4n) is 2.90. The van der Waals surface area contributed by atoms with Crippen molar-refractivity contribution in [1.82, 2.24) is 15.5 Å². The lowest BCUT2D eigenvalue weighted by molar-refractivity contribution is -0.123. The van der Waals surface area contributed by atoms with Crippen LogP contribution >= 0.6 is 24.8 Å². The topological polar surface area (TPSA) is 53.6 Å². The summed E-state index contributed by atoms with van der Waals surface area (Å²) in [6, 6.07) is 0.229. The van der Waals surface area contributed by atoms with Gasteiger partial charge in [-0.3, -0.25) is 9.69 Å². The zero-order chi connectivity index (χ0) is 13.5. The van der Waals surface area contributed by atoms with Crippen molar-refractivity contribution in [2.75, 3.05) is 45.9 Å². The Hall–Kier alpha value is -0.0700. The third kappa shape index (κ3) is 8.21. The number of halogens is 2. The molecule has 2 rings (SSSR count). The van der Waals surface area contributed by atoms with Crippen LogP contribution in [0.25, 0.3) is 0 Å². The van der Waals surface area contributed by atoms with Gasteiger partial charge in [-0.25, -0.2) is 0 Å². The summed E-state index contributed by atoms with van der Waals surface area (Å²) in [5.74, 6) is 0.782. The van der Waals surface area contributed by atoms with Crippen LogP contribution in [0.15, 0.2) is 0 Å². The van der Waals surface area contributed by atoms with Crippen molar-refractivity contribution in [2.45, 2.75) is 32.2 Å². The fourth-order valence-corrected chi connectivity index (χ4v) is 2.90. The van der Waals surface area contributed by atoms with Crippen LogP contribution in [0, 0.1) is 5.92 Å². The minimum absolute atomic E-state index is 0. The van der Waals surface area contributed by atoms with E-state index in [1.807, 2.05) is 0 Å². The molecule has 0 aromatic carbocycles. The van der Waals surface area contributed by atoms with Crippen molar-refractivity contribution in [3.8, 4) is 0 Å². The number of ether oxygens (including phenoxy) is 1. The first-order valence-electron chi connectivity index (χ1n) is 7.54. The van der Waals surface area contributed by atoms with Gasteiger partial charge in [0.25, 0.3) is 0 Å². The molecule has 2 heterocycles. The Labute approximate surface area is 140 Å². The van der Waals surface area contributed by atoms with E-state index in [9.17, 15) is 4.79 Å². The van der Waals surface area contributed by atoms with Crippen molar-refractivity contribution in [3.05, 3.63) is 0 Å². The van der Waals surface area contributed by atoms with Crippen LogP contribution in [-0.2, 0) is 9.53 Å². The second kappa shape index (κ2) is 11.5. The molecule has 1 amide bonds. The normalized spacial score (nSPS) is 21.8. The second-order valence-electron chi connectivity index (χ2n) is 5.78. The zero-order valence-electron chi connectivity index (χ0n) is 12.8. The molecule has 0 aliphatic carbocycles. The molecular weight excluding hydrogens is 313 g/mol. The lowest BCUT2D eigenvalue weighted by Gasteiger charge is -2.29. The average molecular weight is 342 g/mol. The summed E-state index contributed by atoms with van der Waals surface area (Å²) in [4.78, 5) is 14.3. The molecule has 21 heavy (non-hydrogen) atoms. The lowest BCUT2D eigenvalue weighted by atomic mass is 9.94. The molecule has 0 aromatic heterocycles. The quantitative estimate of drug-likeness (QED) is 0.784. The molecule has 2 fully saturated rings. The number of amides is 1. The molecule has 0 bridgehead atoms. The number of hydrogen-bond donors (Lipinski definition) is 2. The molecule has 1 atom stereocenters. The number of rotatable bonds is 5. The number of hydrogen-bond acceptors (Lipinski definition) is 4. The molecule has 2 saturated heterocycles. The molecule has 2 aliphatic rings. The molecule has 0 spiro atoms. The van der Waals surface area contributed by atoms with Gasteiger partial charge in [0, 0.05) is 32.1 Å². The Kier molecular flexibility index (Phi) is 11.5. The van der Waals surface area contributed by atoms with E-state index in [0.717, 1.165) is 58.8 Å². The molecule has 1 unspecified atom stereocenters. The Bertz CT molecular complexity index is 283. The largest absolute Gasteiger partial charge is 0.379 e. The molecule has 126 valence electrons. The van der Waals surface area contributed by atoms with Gasteiger partial charge in [0.2, 0.25) is 5.91 Å². The van der Waals surface area contributed by atoms with Crippen LogP contribution in [0.3, 0.4) is 0 Å². The number of carbonyl (C=O) groups excluding carboxylic acids is 1. The average Bonchev–Trinajstić information content (AvgIpc) is 2.40. The maximum absolute atomic E-state index is 12.0. The zero-order valence-corrected chi connectivity index (χ0v) is 14.4. The number of piperidine rings is 1. The third-order valence-electron chi connectivity index (χ3n) is 3.98. The highest BCUT2D eigenvalue weighted by molar-refractivity contribution is 5.85. The summed E-state index contributed by atoms with van der Waals surface area (Å²) in [5.41, 5.74) is 0. The molecule has 0 aromatic rings. The first-order chi connectivity index (χ1) is 9.24. The first kappa shape index (κ1) is 20.9. The fraction of sp³-hybridized carbons (Fsp3) is 0.929. The van der Waals surface area contributed by atoms with Gasteiger partial charge in [-0.15, -0.1) is 24.8 Å². The number of morpholine rings is 1. The standard InChI is InChI=1S/C14H27N3O2.2ClH/c1-12(11-17-6-8-19-9-7-17)16-14(18)10-13-2-4-15-5-3-13;;/h12-13,15H,2-11H2,1H3,(H,16,18);2*1H. The lowest BCUT2D eigenvalue weighted by Crippen LogP contribution is -2.46. The molecule has 0 saturated carbocycles. The van der Waals surface area contributed by atoms with Gasteiger partial charge in [-0.2, -0.15) is 0 Å². The molecule has 5 nitrogen and oxygen atoms in total. The predicted octanol–water partition coefficient (Wildman–Crippen LogP) is 1.06. The second-order valence-corrected chi connectivity index (χ2v) is 5.78. The van der Waals surface area contributed by atoms with Gasteiger partial charge >= 0.3 is 0 Å². The maximum atomic E-state index is 12.0. The van der Waals surface area contributed by atoms with Gasteiger partial charge in [-0.05, 0) is 38.8 Å². The van der Waals surface area contributed by atoms with Crippen molar-refractivity contribution < 1.29 is 9.53 Å². The van der Waals surface area contributed by atoms with E-state index >= 15 is 0 Å². The highest BCUT2D eigenvalue weighted by Gasteiger charge is 2.19. The summed E-state index contributed by atoms with van der Waals surface area (Å²) in [6.07, 6.45) is 2.95. The third-order valence-corrected chi connectivity index (χ3v) is 3.98.